The molecule has 5 nitrogen and oxygen atoms in total. The summed E-state index contributed by atoms with van der Waals surface area (Å²) in [7, 11) is 3.24. The van der Waals surface area contributed by atoms with Crippen LogP contribution in [0.4, 0.5) is 5.69 Å². The molecule has 0 heterocycles. The fourth-order valence-corrected chi connectivity index (χ4v) is 3.40. The van der Waals surface area contributed by atoms with Gasteiger partial charge in [0.2, 0.25) is 0 Å². The molecule has 0 aliphatic carbocycles. The summed E-state index contributed by atoms with van der Waals surface area (Å²) in [6, 6.07) is 21.4. The number of nitrogens with one attached hydrogen (secondary N) is 1. The highest BCUT2D eigenvalue weighted by Crippen LogP contribution is 2.27. The van der Waals surface area contributed by atoms with Crippen LogP contribution in [0.3, 0.4) is 0 Å². The molecule has 3 rings (SSSR count). The number of hydrogen-bond acceptors (Lipinski definition) is 3. The van der Waals surface area contributed by atoms with Gasteiger partial charge in [0.05, 0.1) is 14.2 Å². The minimum Gasteiger partial charge on any atom is -0.493 e. The van der Waals surface area contributed by atoms with Gasteiger partial charge in [-0.05, 0) is 49.2 Å². The number of amides is 1. The highest BCUT2D eigenvalue weighted by Gasteiger charge is 2.24. The smallest absolute Gasteiger partial charge is 0.287 e. The number of hydrogen-bond donors (Lipinski definition) is 2. The molecule has 0 fully saturated rings. The molecular weight excluding hydrogens is 376 g/mol. The lowest BCUT2D eigenvalue weighted by molar-refractivity contribution is -0.697. The number of quaternary nitrogens is 1. The standard InChI is InChI=1S/C25H28N2O3/c1-17-10-11-18(2)21(14-17)27-25(28)24(20-8-6-5-7-9-20)26-16-19-12-13-22(29-3)23(15-19)30-4/h5-15,24,26H,16H2,1-4H3,(H,27,28)/p+1/t24-/m1/s1. The largest absolute Gasteiger partial charge is 0.493 e. The SMILES string of the molecule is COc1ccc(C[NH2+][C@@H](C(=O)Nc2cc(C)ccc2C)c2ccccc2)cc1OC. The van der Waals surface area contributed by atoms with Gasteiger partial charge in [0.1, 0.15) is 6.54 Å². The van der Waals surface area contributed by atoms with Crippen LogP contribution in [-0.2, 0) is 11.3 Å². The summed E-state index contributed by atoms with van der Waals surface area (Å²) in [5, 5.41) is 5.15. The van der Waals surface area contributed by atoms with Gasteiger partial charge < -0.3 is 20.1 Å². The lowest BCUT2D eigenvalue weighted by atomic mass is 10.0. The van der Waals surface area contributed by atoms with Crippen LogP contribution in [0.15, 0.2) is 66.7 Å². The van der Waals surface area contributed by atoms with E-state index in [4.69, 9.17) is 9.47 Å². The summed E-state index contributed by atoms with van der Waals surface area (Å²) in [6.07, 6.45) is 0. The van der Waals surface area contributed by atoms with Crippen molar-refractivity contribution in [2.24, 2.45) is 0 Å². The van der Waals surface area contributed by atoms with E-state index in [1.165, 1.54) is 0 Å². The normalized spacial score (nSPS) is 11.6. The third-order valence-electron chi connectivity index (χ3n) is 5.13. The minimum absolute atomic E-state index is 0.0459. The van der Waals surface area contributed by atoms with E-state index in [-0.39, 0.29) is 11.9 Å². The van der Waals surface area contributed by atoms with E-state index in [1.807, 2.05) is 85.9 Å². The third kappa shape index (κ3) is 5.19. The van der Waals surface area contributed by atoms with Crippen LogP contribution in [-0.4, -0.2) is 20.1 Å². The van der Waals surface area contributed by atoms with E-state index in [0.717, 1.165) is 27.9 Å². The Balaban J connectivity index is 1.81. The van der Waals surface area contributed by atoms with Gasteiger partial charge in [0, 0.05) is 16.8 Å². The summed E-state index contributed by atoms with van der Waals surface area (Å²) >= 11 is 0. The van der Waals surface area contributed by atoms with Crippen molar-refractivity contribution in [3.8, 4) is 11.5 Å². The number of aryl methyl sites for hydroxylation is 2. The predicted molar refractivity (Wildman–Crippen MR) is 119 cm³/mol. The first-order valence-electron chi connectivity index (χ1n) is 9.99. The first-order valence-corrected chi connectivity index (χ1v) is 9.99. The van der Waals surface area contributed by atoms with Crippen LogP contribution < -0.4 is 20.1 Å². The molecule has 0 aliphatic rings. The Morgan fingerprint density at radius 3 is 2.37 bits per heavy atom. The zero-order valence-electron chi connectivity index (χ0n) is 17.9. The van der Waals surface area contributed by atoms with Crippen molar-refractivity contribution in [1.29, 1.82) is 0 Å². The van der Waals surface area contributed by atoms with Crippen molar-refractivity contribution >= 4 is 11.6 Å². The van der Waals surface area contributed by atoms with Crippen molar-refractivity contribution in [3.63, 3.8) is 0 Å². The van der Waals surface area contributed by atoms with Gasteiger partial charge in [-0.15, -0.1) is 0 Å². The number of carbonyl (C=O) groups is 1. The zero-order valence-corrected chi connectivity index (χ0v) is 17.9. The maximum Gasteiger partial charge on any atom is 0.287 e. The first kappa shape index (κ1) is 21.4. The van der Waals surface area contributed by atoms with Gasteiger partial charge in [0.15, 0.2) is 17.5 Å². The summed E-state index contributed by atoms with van der Waals surface area (Å²) in [5.74, 6) is 1.32. The van der Waals surface area contributed by atoms with E-state index in [0.29, 0.717) is 18.0 Å². The number of ether oxygens (including phenoxy) is 2. The first-order chi connectivity index (χ1) is 14.5. The topological polar surface area (TPSA) is 64.2 Å². The van der Waals surface area contributed by atoms with Crippen molar-refractivity contribution in [2.75, 3.05) is 19.5 Å². The zero-order chi connectivity index (χ0) is 21.5. The molecule has 30 heavy (non-hydrogen) atoms. The molecule has 0 spiro atoms. The maximum atomic E-state index is 13.2. The molecule has 1 amide bonds. The van der Waals surface area contributed by atoms with Crippen LogP contribution in [0, 0.1) is 13.8 Å². The second-order valence-electron chi connectivity index (χ2n) is 7.33. The number of nitrogens with two attached hydrogens (primary N) is 1. The van der Waals surface area contributed by atoms with E-state index >= 15 is 0 Å². The number of carbonyl (C=O) groups excluding carboxylic acids is 1. The van der Waals surface area contributed by atoms with Gasteiger partial charge >= 0.3 is 0 Å². The molecule has 0 unspecified atom stereocenters. The number of methoxy groups -OCH3 is 2. The molecule has 156 valence electrons. The molecule has 0 saturated heterocycles. The summed E-state index contributed by atoms with van der Waals surface area (Å²) in [5.41, 5.74) is 5.01. The molecule has 0 saturated carbocycles. The number of anilines is 1. The average molecular weight is 406 g/mol. The number of rotatable bonds is 8. The van der Waals surface area contributed by atoms with Crippen molar-refractivity contribution in [3.05, 3.63) is 89.0 Å². The fourth-order valence-electron chi connectivity index (χ4n) is 3.40. The van der Waals surface area contributed by atoms with E-state index in [1.54, 1.807) is 14.2 Å². The molecule has 0 radical (unpaired) electrons. The van der Waals surface area contributed by atoms with Crippen molar-refractivity contribution in [2.45, 2.75) is 26.4 Å². The van der Waals surface area contributed by atoms with Crippen LogP contribution in [0.25, 0.3) is 0 Å². The molecule has 0 aromatic heterocycles. The fraction of sp³-hybridized carbons (Fsp3) is 0.240. The predicted octanol–water partition coefficient (Wildman–Crippen LogP) is 3.76. The molecule has 1 atom stereocenters. The Hall–Kier alpha value is -3.31. The van der Waals surface area contributed by atoms with Crippen LogP contribution in [0.1, 0.15) is 28.3 Å². The van der Waals surface area contributed by atoms with Crippen LogP contribution in [0.5, 0.6) is 11.5 Å². The quantitative estimate of drug-likeness (QED) is 0.600. The van der Waals surface area contributed by atoms with Gasteiger partial charge in [-0.3, -0.25) is 4.79 Å². The van der Waals surface area contributed by atoms with Gasteiger partial charge in [0.25, 0.3) is 5.91 Å². The molecular formula is C25H29N2O3+. The van der Waals surface area contributed by atoms with E-state index in [2.05, 4.69) is 5.32 Å². The third-order valence-corrected chi connectivity index (χ3v) is 5.13. The maximum absolute atomic E-state index is 13.2. The second-order valence-corrected chi connectivity index (χ2v) is 7.33. The molecule has 0 bridgehead atoms. The van der Waals surface area contributed by atoms with Gasteiger partial charge in [-0.1, -0.05) is 42.5 Å². The molecule has 3 aromatic rings. The second kappa shape index (κ2) is 9.94. The summed E-state index contributed by atoms with van der Waals surface area (Å²) in [4.78, 5) is 13.2. The van der Waals surface area contributed by atoms with Gasteiger partial charge in [-0.2, -0.15) is 0 Å². The van der Waals surface area contributed by atoms with Crippen LogP contribution in [0.2, 0.25) is 0 Å². The average Bonchev–Trinajstić information content (AvgIpc) is 2.77. The van der Waals surface area contributed by atoms with Crippen molar-refractivity contribution in [1.82, 2.24) is 0 Å². The number of benzene rings is 3. The Kier molecular flexibility index (Phi) is 7.09. The van der Waals surface area contributed by atoms with Crippen LogP contribution >= 0.6 is 0 Å². The molecule has 0 aliphatic heterocycles. The molecule has 3 N–H and O–H groups in total. The highest BCUT2D eigenvalue weighted by molar-refractivity contribution is 5.95. The van der Waals surface area contributed by atoms with Crippen molar-refractivity contribution < 1.29 is 19.6 Å². The lowest BCUT2D eigenvalue weighted by Crippen LogP contribution is -2.85. The Morgan fingerprint density at radius 1 is 0.933 bits per heavy atom. The molecule has 5 heteroatoms. The Bertz CT molecular complexity index is 1000. The molecule has 3 aromatic carbocycles. The summed E-state index contributed by atoms with van der Waals surface area (Å²) < 4.78 is 10.7. The Morgan fingerprint density at radius 2 is 1.67 bits per heavy atom. The van der Waals surface area contributed by atoms with E-state index in [9.17, 15) is 4.79 Å². The minimum atomic E-state index is -0.376. The van der Waals surface area contributed by atoms with Gasteiger partial charge in [-0.25, -0.2) is 0 Å². The Labute approximate surface area is 178 Å². The monoisotopic (exact) mass is 405 g/mol. The lowest BCUT2D eigenvalue weighted by Gasteiger charge is -2.18. The highest BCUT2D eigenvalue weighted by atomic mass is 16.5. The summed E-state index contributed by atoms with van der Waals surface area (Å²) in [6.45, 7) is 4.65. The van der Waals surface area contributed by atoms with E-state index < -0.39 is 0 Å².